The zero-order chi connectivity index (χ0) is 13.5. The summed E-state index contributed by atoms with van der Waals surface area (Å²) >= 11 is 1.73. The van der Waals surface area contributed by atoms with Crippen molar-refractivity contribution in [2.45, 2.75) is 51.3 Å². The van der Waals surface area contributed by atoms with Gasteiger partial charge in [-0.05, 0) is 44.1 Å². The van der Waals surface area contributed by atoms with E-state index in [0.29, 0.717) is 6.04 Å². The minimum atomic E-state index is -0.108. The molecule has 5 heteroatoms. The zero-order valence-electron chi connectivity index (χ0n) is 11.4. The number of aliphatic hydroxyl groups is 1. The maximum Gasteiger partial charge on any atom is 0.191 e. The lowest BCUT2D eigenvalue weighted by Gasteiger charge is -2.27. The number of thiophene rings is 1. The topological polar surface area (TPSA) is 56.7 Å². The van der Waals surface area contributed by atoms with Gasteiger partial charge in [-0.2, -0.15) is 0 Å². The standard InChI is InChI=1S/C14H23N3OS/c1-2-15-14(16-10-13-4-3-9-19-13)17-11-5-7-12(18)8-6-11/h3-4,9,11-12,18H,2,5-8,10H2,1H3,(H2,15,16,17). The van der Waals surface area contributed by atoms with E-state index in [9.17, 15) is 5.11 Å². The molecule has 0 radical (unpaired) electrons. The number of nitrogens with one attached hydrogen (secondary N) is 2. The largest absolute Gasteiger partial charge is 0.393 e. The van der Waals surface area contributed by atoms with Gasteiger partial charge in [0.25, 0.3) is 0 Å². The first-order chi connectivity index (χ1) is 9.28. The fourth-order valence-electron chi connectivity index (χ4n) is 2.29. The van der Waals surface area contributed by atoms with Crippen LogP contribution in [0.25, 0.3) is 0 Å². The molecule has 0 spiro atoms. The number of aliphatic hydroxyl groups excluding tert-OH is 1. The van der Waals surface area contributed by atoms with Gasteiger partial charge >= 0.3 is 0 Å². The first-order valence-electron chi connectivity index (χ1n) is 7.03. The highest BCUT2D eigenvalue weighted by atomic mass is 32.1. The van der Waals surface area contributed by atoms with Crippen molar-refractivity contribution in [3.05, 3.63) is 22.4 Å². The Bertz CT molecular complexity index is 383. The van der Waals surface area contributed by atoms with Crippen LogP contribution < -0.4 is 10.6 Å². The molecular weight excluding hydrogens is 258 g/mol. The van der Waals surface area contributed by atoms with Crippen molar-refractivity contribution in [3.63, 3.8) is 0 Å². The molecule has 1 aromatic heterocycles. The summed E-state index contributed by atoms with van der Waals surface area (Å²) in [4.78, 5) is 5.89. The van der Waals surface area contributed by atoms with Crippen molar-refractivity contribution in [1.82, 2.24) is 10.6 Å². The molecule has 1 saturated carbocycles. The third-order valence-corrected chi connectivity index (χ3v) is 4.22. The SMILES string of the molecule is CCNC(=NCc1cccs1)NC1CCC(O)CC1. The minimum absolute atomic E-state index is 0.108. The molecular formula is C14H23N3OS. The molecule has 0 aliphatic heterocycles. The highest BCUT2D eigenvalue weighted by Crippen LogP contribution is 2.18. The summed E-state index contributed by atoms with van der Waals surface area (Å²) in [5.74, 6) is 0.886. The molecule has 1 heterocycles. The van der Waals surface area contributed by atoms with Crippen LogP contribution in [0.5, 0.6) is 0 Å². The van der Waals surface area contributed by atoms with Crippen molar-refractivity contribution < 1.29 is 5.11 Å². The summed E-state index contributed by atoms with van der Waals surface area (Å²) in [7, 11) is 0. The quantitative estimate of drug-likeness (QED) is 0.585. The highest BCUT2D eigenvalue weighted by molar-refractivity contribution is 7.09. The van der Waals surface area contributed by atoms with E-state index in [2.05, 4.69) is 40.1 Å². The molecule has 0 aromatic carbocycles. The van der Waals surface area contributed by atoms with Crippen LogP contribution in [0.4, 0.5) is 0 Å². The Hall–Kier alpha value is -1.07. The lowest BCUT2D eigenvalue weighted by molar-refractivity contribution is 0.120. The van der Waals surface area contributed by atoms with Crippen molar-refractivity contribution in [1.29, 1.82) is 0 Å². The van der Waals surface area contributed by atoms with E-state index >= 15 is 0 Å². The number of aliphatic imine (C=N–C) groups is 1. The maximum absolute atomic E-state index is 9.52. The van der Waals surface area contributed by atoms with E-state index < -0.39 is 0 Å². The summed E-state index contributed by atoms with van der Waals surface area (Å²) < 4.78 is 0. The van der Waals surface area contributed by atoms with E-state index in [0.717, 1.165) is 44.7 Å². The zero-order valence-corrected chi connectivity index (χ0v) is 12.2. The van der Waals surface area contributed by atoms with Gasteiger partial charge in [0.15, 0.2) is 5.96 Å². The summed E-state index contributed by atoms with van der Waals surface area (Å²) in [6.07, 6.45) is 3.71. The van der Waals surface area contributed by atoms with Gasteiger partial charge in [0.1, 0.15) is 0 Å². The van der Waals surface area contributed by atoms with Gasteiger partial charge in [0.2, 0.25) is 0 Å². The molecule has 1 aromatic rings. The van der Waals surface area contributed by atoms with Crippen molar-refractivity contribution >= 4 is 17.3 Å². The van der Waals surface area contributed by atoms with Gasteiger partial charge in [-0.3, -0.25) is 0 Å². The fraction of sp³-hybridized carbons (Fsp3) is 0.643. The summed E-state index contributed by atoms with van der Waals surface area (Å²) in [6, 6.07) is 4.59. The van der Waals surface area contributed by atoms with Gasteiger partial charge in [-0.15, -0.1) is 11.3 Å². The van der Waals surface area contributed by atoms with Crippen LogP contribution in [0.15, 0.2) is 22.5 Å². The molecule has 0 saturated heterocycles. The van der Waals surface area contributed by atoms with Crippen LogP contribution in [-0.4, -0.2) is 29.8 Å². The molecule has 2 rings (SSSR count). The van der Waals surface area contributed by atoms with Crippen LogP contribution in [0.1, 0.15) is 37.5 Å². The van der Waals surface area contributed by atoms with Crippen molar-refractivity contribution in [3.8, 4) is 0 Å². The number of guanidine groups is 1. The number of nitrogens with zero attached hydrogens (tertiary/aromatic N) is 1. The van der Waals surface area contributed by atoms with E-state index in [1.165, 1.54) is 4.88 Å². The Morgan fingerprint density at radius 2 is 2.21 bits per heavy atom. The van der Waals surface area contributed by atoms with Gasteiger partial charge in [0, 0.05) is 17.5 Å². The van der Waals surface area contributed by atoms with Crippen LogP contribution >= 0.6 is 11.3 Å². The average Bonchev–Trinajstić information content (AvgIpc) is 2.92. The molecule has 106 valence electrons. The van der Waals surface area contributed by atoms with Gasteiger partial charge in [-0.1, -0.05) is 6.07 Å². The fourth-order valence-corrected chi connectivity index (χ4v) is 2.92. The second-order valence-electron chi connectivity index (χ2n) is 4.92. The van der Waals surface area contributed by atoms with E-state index in [4.69, 9.17) is 0 Å². The molecule has 19 heavy (non-hydrogen) atoms. The average molecular weight is 281 g/mol. The Kier molecular flexibility index (Phi) is 5.66. The smallest absolute Gasteiger partial charge is 0.191 e. The minimum Gasteiger partial charge on any atom is -0.393 e. The Morgan fingerprint density at radius 1 is 1.42 bits per heavy atom. The summed E-state index contributed by atoms with van der Waals surface area (Å²) in [5.41, 5.74) is 0. The van der Waals surface area contributed by atoms with Crippen molar-refractivity contribution in [2.75, 3.05) is 6.54 Å². The van der Waals surface area contributed by atoms with E-state index in [1.54, 1.807) is 11.3 Å². The normalized spacial score (nSPS) is 24.2. The Morgan fingerprint density at radius 3 is 2.84 bits per heavy atom. The summed E-state index contributed by atoms with van der Waals surface area (Å²) in [5, 5.41) is 18.4. The monoisotopic (exact) mass is 281 g/mol. The summed E-state index contributed by atoms with van der Waals surface area (Å²) in [6.45, 7) is 3.67. The molecule has 0 amide bonds. The van der Waals surface area contributed by atoms with E-state index in [-0.39, 0.29) is 6.10 Å². The third kappa shape index (κ3) is 4.84. The number of hydrogen-bond donors (Lipinski definition) is 3. The molecule has 4 nitrogen and oxygen atoms in total. The third-order valence-electron chi connectivity index (χ3n) is 3.35. The predicted molar refractivity (Wildman–Crippen MR) is 80.5 cm³/mol. The first kappa shape index (κ1) is 14.3. The maximum atomic E-state index is 9.52. The lowest BCUT2D eigenvalue weighted by atomic mass is 9.93. The number of hydrogen-bond acceptors (Lipinski definition) is 3. The Balaban J connectivity index is 1.86. The van der Waals surface area contributed by atoms with Gasteiger partial charge < -0.3 is 15.7 Å². The first-order valence-corrected chi connectivity index (χ1v) is 7.91. The van der Waals surface area contributed by atoms with Gasteiger partial charge in [0.05, 0.1) is 12.6 Å². The highest BCUT2D eigenvalue weighted by Gasteiger charge is 2.19. The predicted octanol–water partition coefficient (Wildman–Crippen LogP) is 2.11. The molecule has 3 N–H and O–H groups in total. The molecule has 1 fully saturated rings. The lowest BCUT2D eigenvalue weighted by Crippen LogP contribution is -2.45. The van der Waals surface area contributed by atoms with Crippen LogP contribution in [-0.2, 0) is 6.54 Å². The van der Waals surface area contributed by atoms with Crippen LogP contribution in [0.2, 0.25) is 0 Å². The molecule has 0 bridgehead atoms. The molecule has 0 atom stereocenters. The van der Waals surface area contributed by atoms with Gasteiger partial charge in [-0.25, -0.2) is 4.99 Å². The van der Waals surface area contributed by atoms with E-state index in [1.807, 2.05) is 0 Å². The molecule has 1 aliphatic rings. The van der Waals surface area contributed by atoms with Crippen LogP contribution in [0, 0.1) is 0 Å². The van der Waals surface area contributed by atoms with Crippen molar-refractivity contribution in [2.24, 2.45) is 4.99 Å². The van der Waals surface area contributed by atoms with Crippen LogP contribution in [0.3, 0.4) is 0 Å². The molecule has 1 aliphatic carbocycles. The second kappa shape index (κ2) is 7.50. The second-order valence-corrected chi connectivity index (χ2v) is 5.96. The Labute approximate surface area is 119 Å². The number of rotatable bonds is 4. The molecule has 0 unspecified atom stereocenters.